The molecular weight excluding hydrogens is 290 g/mol. The minimum absolute atomic E-state index is 0.295. The summed E-state index contributed by atoms with van der Waals surface area (Å²) in [6.45, 7) is 2.46. The fourth-order valence-corrected chi connectivity index (χ4v) is 3.34. The first-order valence-corrected chi connectivity index (χ1v) is 7.93. The number of aliphatic hydroxyl groups is 1. The molecular formula is C15H22BrNO. The third-order valence-corrected chi connectivity index (χ3v) is 4.65. The van der Waals surface area contributed by atoms with Crippen LogP contribution < -0.4 is 0 Å². The van der Waals surface area contributed by atoms with Crippen molar-refractivity contribution in [2.75, 3.05) is 25.0 Å². The van der Waals surface area contributed by atoms with E-state index in [4.69, 9.17) is 0 Å². The van der Waals surface area contributed by atoms with E-state index < -0.39 is 0 Å². The van der Waals surface area contributed by atoms with Crippen LogP contribution in [0.2, 0.25) is 0 Å². The summed E-state index contributed by atoms with van der Waals surface area (Å²) >= 11 is 3.63. The Morgan fingerprint density at radius 2 is 2.06 bits per heavy atom. The van der Waals surface area contributed by atoms with Crippen LogP contribution in [0.3, 0.4) is 0 Å². The molecule has 18 heavy (non-hydrogen) atoms. The molecule has 1 aromatic carbocycles. The second kappa shape index (κ2) is 7.27. The van der Waals surface area contributed by atoms with Crippen molar-refractivity contribution in [3.63, 3.8) is 0 Å². The number of hydrogen-bond acceptors (Lipinski definition) is 2. The SMILES string of the molecule is OCC1CCCCN1CC(CBr)c1ccccc1. The number of hydrogen-bond donors (Lipinski definition) is 1. The molecule has 1 saturated heterocycles. The summed E-state index contributed by atoms with van der Waals surface area (Å²) in [4.78, 5) is 2.46. The van der Waals surface area contributed by atoms with E-state index in [9.17, 15) is 5.11 Å². The molecule has 0 aromatic heterocycles. The van der Waals surface area contributed by atoms with Crippen molar-refractivity contribution < 1.29 is 5.11 Å². The zero-order chi connectivity index (χ0) is 12.8. The van der Waals surface area contributed by atoms with E-state index in [0.717, 1.165) is 24.8 Å². The fourth-order valence-electron chi connectivity index (χ4n) is 2.76. The third-order valence-electron chi connectivity index (χ3n) is 3.87. The summed E-state index contributed by atoms with van der Waals surface area (Å²) in [6, 6.07) is 11.0. The van der Waals surface area contributed by atoms with E-state index in [1.807, 2.05) is 0 Å². The Labute approximate surface area is 118 Å². The van der Waals surface area contributed by atoms with Crippen molar-refractivity contribution in [1.82, 2.24) is 4.90 Å². The maximum Gasteiger partial charge on any atom is 0.0586 e. The Kier molecular flexibility index (Phi) is 5.67. The zero-order valence-corrected chi connectivity index (χ0v) is 12.3. The van der Waals surface area contributed by atoms with Crippen LogP contribution in [-0.2, 0) is 0 Å². The first-order chi connectivity index (χ1) is 8.85. The van der Waals surface area contributed by atoms with Crippen molar-refractivity contribution in [2.45, 2.75) is 31.2 Å². The smallest absolute Gasteiger partial charge is 0.0586 e. The molecule has 0 radical (unpaired) electrons. The molecule has 3 heteroatoms. The highest BCUT2D eigenvalue weighted by atomic mass is 79.9. The van der Waals surface area contributed by atoms with E-state index >= 15 is 0 Å². The highest BCUT2D eigenvalue weighted by Crippen LogP contribution is 2.24. The van der Waals surface area contributed by atoms with Crippen LogP contribution in [-0.4, -0.2) is 41.1 Å². The van der Waals surface area contributed by atoms with Gasteiger partial charge in [0.15, 0.2) is 0 Å². The van der Waals surface area contributed by atoms with Gasteiger partial charge in [0, 0.05) is 23.8 Å². The first kappa shape index (κ1) is 14.0. The maximum atomic E-state index is 9.46. The van der Waals surface area contributed by atoms with Crippen LogP contribution in [0.1, 0.15) is 30.7 Å². The molecule has 0 aliphatic carbocycles. The van der Waals surface area contributed by atoms with E-state index in [-0.39, 0.29) is 0 Å². The van der Waals surface area contributed by atoms with Crippen LogP contribution in [0, 0.1) is 0 Å². The normalized spacial score (nSPS) is 22.9. The molecule has 1 aromatic rings. The Balaban J connectivity index is 2.01. The average molecular weight is 312 g/mol. The van der Waals surface area contributed by atoms with Gasteiger partial charge in [-0.2, -0.15) is 0 Å². The van der Waals surface area contributed by atoms with Crippen molar-refractivity contribution in [2.24, 2.45) is 0 Å². The van der Waals surface area contributed by atoms with Gasteiger partial charge in [0.2, 0.25) is 0 Å². The second-order valence-corrected chi connectivity index (χ2v) is 5.74. The van der Waals surface area contributed by atoms with Crippen LogP contribution >= 0.6 is 15.9 Å². The number of piperidine rings is 1. The van der Waals surface area contributed by atoms with Crippen molar-refractivity contribution >= 4 is 15.9 Å². The Bertz CT molecular complexity index is 344. The highest BCUT2D eigenvalue weighted by molar-refractivity contribution is 9.09. The topological polar surface area (TPSA) is 23.5 Å². The molecule has 1 N–H and O–H groups in total. The second-order valence-electron chi connectivity index (χ2n) is 5.09. The van der Waals surface area contributed by atoms with Gasteiger partial charge in [0.25, 0.3) is 0 Å². The molecule has 0 amide bonds. The molecule has 0 saturated carbocycles. The summed E-state index contributed by atoms with van der Waals surface area (Å²) in [7, 11) is 0. The van der Waals surface area contributed by atoms with Crippen molar-refractivity contribution in [3.8, 4) is 0 Å². The summed E-state index contributed by atoms with van der Waals surface area (Å²) in [5, 5.41) is 10.4. The number of benzene rings is 1. The predicted molar refractivity (Wildman–Crippen MR) is 79.3 cm³/mol. The quantitative estimate of drug-likeness (QED) is 0.845. The molecule has 1 aliphatic heterocycles. The molecule has 0 spiro atoms. The highest BCUT2D eigenvalue weighted by Gasteiger charge is 2.24. The number of aliphatic hydroxyl groups excluding tert-OH is 1. The number of likely N-dealkylation sites (tertiary alicyclic amines) is 1. The van der Waals surface area contributed by atoms with E-state index in [1.165, 1.54) is 18.4 Å². The monoisotopic (exact) mass is 311 g/mol. The maximum absolute atomic E-state index is 9.46. The lowest BCUT2D eigenvalue weighted by atomic mass is 9.97. The van der Waals surface area contributed by atoms with Gasteiger partial charge < -0.3 is 5.11 Å². The molecule has 1 aliphatic rings. The van der Waals surface area contributed by atoms with Gasteiger partial charge in [-0.25, -0.2) is 0 Å². The van der Waals surface area contributed by atoms with Crippen molar-refractivity contribution in [3.05, 3.63) is 35.9 Å². The molecule has 0 bridgehead atoms. The number of nitrogens with zero attached hydrogens (tertiary/aromatic N) is 1. The summed E-state index contributed by atoms with van der Waals surface area (Å²) < 4.78 is 0. The lowest BCUT2D eigenvalue weighted by Gasteiger charge is -2.36. The van der Waals surface area contributed by atoms with Crippen LogP contribution in [0.4, 0.5) is 0 Å². The first-order valence-electron chi connectivity index (χ1n) is 6.81. The van der Waals surface area contributed by atoms with Crippen LogP contribution in [0.5, 0.6) is 0 Å². The zero-order valence-electron chi connectivity index (χ0n) is 10.8. The number of alkyl halides is 1. The van der Waals surface area contributed by atoms with Gasteiger partial charge >= 0.3 is 0 Å². The number of rotatable bonds is 5. The molecule has 2 atom stereocenters. The van der Waals surface area contributed by atoms with E-state index in [1.54, 1.807) is 0 Å². The molecule has 100 valence electrons. The third kappa shape index (κ3) is 3.56. The Hall–Kier alpha value is -0.380. The molecule has 2 unspecified atom stereocenters. The molecule has 1 fully saturated rings. The van der Waals surface area contributed by atoms with Gasteiger partial charge in [-0.1, -0.05) is 52.7 Å². The summed E-state index contributed by atoms with van der Waals surface area (Å²) in [5.74, 6) is 0.512. The Morgan fingerprint density at radius 1 is 1.28 bits per heavy atom. The lowest BCUT2D eigenvalue weighted by Crippen LogP contribution is -2.44. The minimum atomic E-state index is 0.295. The van der Waals surface area contributed by atoms with Gasteiger partial charge in [-0.3, -0.25) is 4.90 Å². The molecule has 1 heterocycles. The summed E-state index contributed by atoms with van der Waals surface area (Å²) in [6.07, 6.45) is 3.66. The average Bonchev–Trinajstić information content (AvgIpc) is 2.46. The fraction of sp³-hybridized carbons (Fsp3) is 0.600. The van der Waals surface area contributed by atoms with Gasteiger partial charge in [0.05, 0.1) is 6.61 Å². The number of halogens is 1. The van der Waals surface area contributed by atoms with Crippen LogP contribution in [0.15, 0.2) is 30.3 Å². The standard InChI is InChI=1S/C15H22BrNO/c16-10-14(13-6-2-1-3-7-13)11-17-9-5-4-8-15(17)12-18/h1-3,6-7,14-15,18H,4-5,8-12H2. The van der Waals surface area contributed by atoms with Crippen molar-refractivity contribution in [1.29, 1.82) is 0 Å². The molecule has 2 nitrogen and oxygen atoms in total. The molecule has 2 rings (SSSR count). The minimum Gasteiger partial charge on any atom is -0.395 e. The van der Waals surface area contributed by atoms with E-state index in [2.05, 4.69) is 51.2 Å². The van der Waals surface area contributed by atoms with Gasteiger partial charge in [-0.15, -0.1) is 0 Å². The summed E-state index contributed by atoms with van der Waals surface area (Å²) in [5.41, 5.74) is 1.39. The Morgan fingerprint density at radius 3 is 2.72 bits per heavy atom. The largest absolute Gasteiger partial charge is 0.395 e. The van der Waals surface area contributed by atoms with Gasteiger partial charge in [0.1, 0.15) is 0 Å². The lowest BCUT2D eigenvalue weighted by molar-refractivity contribution is 0.0864. The van der Waals surface area contributed by atoms with E-state index in [0.29, 0.717) is 18.6 Å². The predicted octanol–water partition coefficient (Wildman–Crippen LogP) is 3.01. The van der Waals surface area contributed by atoms with Crippen LogP contribution in [0.25, 0.3) is 0 Å². The van der Waals surface area contributed by atoms with Gasteiger partial charge in [-0.05, 0) is 24.9 Å².